The van der Waals surface area contributed by atoms with Gasteiger partial charge in [-0.3, -0.25) is 14.5 Å². The first-order chi connectivity index (χ1) is 9.89. The van der Waals surface area contributed by atoms with Crippen LogP contribution in [0.1, 0.15) is 18.9 Å². The second-order valence-electron chi connectivity index (χ2n) is 5.73. The number of carboxylic acids is 1. The second-order valence-corrected chi connectivity index (χ2v) is 5.73. The number of carbonyl (C=O) groups excluding carboxylic acids is 1. The average Bonchev–Trinajstić information content (AvgIpc) is 2.81. The standard InChI is InChI=1S/C15H20N2O4/c1-15(14(19)20)6-7-17(10-15)8-11-2-4-12(5-3-11)21-9-13(16)18/h2-5H,6-10H2,1H3,(H2,16,18)(H,19,20). The summed E-state index contributed by atoms with van der Waals surface area (Å²) in [5, 5.41) is 9.22. The molecule has 1 heterocycles. The van der Waals surface area contributed by atoms with Crippen LogP contribution in [0.5, 0.6) is 5.75 Å². The van der Waals surface area contributed by atoms with Gasteiger partial charge in [-0.05, 0) is 37.6 Å². The van der Waals surface area contributed by atoms with E-state index in [9.17, 15) is 14.7 Å². The highest BCUT2D eigenvalue weighted by atomic mass is 16.5. The van der Waals surface area contributed by atoms with Crippen molar-refractivity contribution >= 4 is 11.9 Å². The highest BCUT2D eigenvalue weighted by Gasteiger charge is 2.40. The van der Waals surface area contributed by atoms with Crippen LogP contribution in [0, 0.1) is 5.41 Å². The topological polar surface area (TPSA) is 92.9 Å². The van der Waals surface area contributed by atoms with Crippen molar-refractivity contribution in [1.29, 1.82) is 0 Å². The van der Waals surface area contributed by atoms with Gasteiger partial charge in [0.1, 0.15) is 5.75 Å². The summed E-state index contributed by atoms with van der Waals surface area (Å²) in [6, 6.07) is 7.38. The fourth-order valence-electron chi connectivity index (χ4n) is 2.47. The van der Waals surface area contributed by atoms with E-state index < -0.39 is 17.3 Å². The lowest BCUT2D eigenvalue weighted by Gasteiger charge is -2.20. The van der Waals surface area contributed by atoms with Crippen molar-refractivity contribution in [2.45, 2.75) is 19.9 Å². The van der Waals surface area contributed by atoms with Crippen molar-refractivity contribution in [2.24, 2.45) is 11.1 Å². The Labute approximate surface area is 123 Å². The molecule has 1 aliphatic heterocycles. The Balaban J connectivity index is 1.89. The van der Waals surface area contributed by atoms with Crippen molar-refractivity contribution in [3.8, 4) is 5.75 Å². The largest absolute Gasteiger partial charge is 0.484 e. The number of carbonyl (C=O) groups is 2. The van der Waals surface area contributed by atoms with E-state index in [0.29, 0.717) is 25.3 Å². The molecular formula is C15H20N2O4. The maximum absolute atomic E-state index is 11.2. The maximum atomic E-state index is 11.2. The first kappa shape index (κ1) is 15.3. The van der Waals surface area contributed by atoms with Crippen LogP contribution in [0.3, 0.4) is 0 Å². The molecule has 1 atom stereocenters. The highest BCUT2D eigenvalue weighted by molar-refractivity contribution is 5.75. The van der Waals surface area contributed by atoms with E-state index in [2.05, 4.69) is 4.90 Å². The van der Waals surface area contributed by atoms with Crippen LogP contribution < -0.4 is 10.5 Å². The van der Waals surface area contributed by atoms with Gasteiger partial charge in [0.05, 0.1) is 5.41 Å². The molecule has 1 aromatic carbocycles. The van der Waals surface area contributed by atoms with Crippen molar-refractivity contribution in [3.05, 3.63) is 29.8 Å². The van der Waals surface area contributed by atoms with Crippen LogP contribution in [-0.2, 0) is 16.1 Å². The number of rotatable bonds is 6. The zero-order chi connectivity index (χ0) is 15.5. The predicted octanol–water partition coefficient (Wildman–Crippen LogP) is 0.847. The number of nitrogens with zero attached hydrogens (tertiary/aromatic N) is 1. The summed E-state index contributed by atoms with van der Waals surface area (Å²) in [6.45, 7) is 3.70. The zero-order valence-corrected chi connectivity index (χ0v) is 12.0. The quantitative estimate of drug-likeness (QED) is 0.810. The molecule has 0 bridgehead atoms. The van der Waals surface area contributed by atoms with Gasteiger partial charge in [0.15, 0.2) is 6.61 Å². The summed E-state index contributed by atoms with van der Waals surface area (Å²) in [5.74, 6) is -0.654. The van der Waals surface area contributed by atoms with Crippen molar-refractivity contribution < 1.29 is 19.4 Å². The summed E-state index contributed by atoms with van der Waals surface area (Å²) in [7, 11) is 0. The minimum atomic E-state index is -0.736. The summed E-state index contributed by atoms with van der Waals surface area (Å²) >= 11 is 0. The SMILES string of the molecule is CC1(C(=O)O)CCN(Cc2ccc(OCC(N)=O)cc2)C1. The lowest BCUT2D eigenvalue weighted by molar-refractivity contribution is -0.147. The first-order valence-corrected chi connectivity index (χ1v) is 6.85. The molecule has 6 nitrogen and oxygen atoms in total. The molecule has 0 aromatic heterocycles. The number of hydrogen-bond acceptors (Lipinski definition) is 4. The lowest BCUT2D eigenvalue weighted by atomic mass is 9.90. The molecule has 1 unspecified atom stereocenters. The van der Waals surface area contributed by atoms with Gasteiger partial charge in [0, 0.05) is 13.1 Å². The van der Waals surface area contributed by atoms with Crippen LogP contribution in [0.25, 0.3) is 0 Å². The third-order valence-electron chi connectivity index (χ3n) is 3.78. The molecule has 6 heteroatoms. The van der Waals surface area contributed by atoms with E-state index in [4.69, 9.17) is 10.5 Å². The van der Waals surface area contributed by atoms with Gasteiger partial charge < -0.3 is 15.6 Å². The van der Waals surface area contributed by atoms with Gasteiger partial charge in [0.25, 0.3) is 5.91 Å². The maximum Gasteiger partial charge on any atom is 0.310 e. The molecule has 0 saturated carbocycles. The minimum absolute atomic E-state index is 0.136. The van der Waals surface area contributed by atoms with E-state index in [1.165, 1.54) is 0 Å². The molecule has 3 N–H and O–H groups in total. The number of likely N-dealkylation sites (tertiary alicyclic amines) is 1. The number of amides is 1. The Hall–Kier alpha value is -2.08. The molecular weight excluding hydrogens is 272 g/mol. The molecule has 2 rings (SSSR count). The number of hydrogen-bond donors (Lipinski definition) is 2. The van der Waals surface area contributed by atoms with E-state index in [1.807, 2.05) is 12.1 Å². The number of ether oxygens (including phenoxy) is 1. The Kier molecular flexibility index (Phi) is 4.47. The average molecular weight is 292 g/mol. The number of primary amides is 1. The Morgan fingerprint density at radius 3 is 2.57 bits per heavy atom. The highest BCUT2D eigenvalue weighted by Crippen LogP contribution is 2.31. The first-order valence-electron chi connectivity index (χ1n) is 6.85. The van der Waals surface area contributed by atoms with E-state index in [1.54, 1.807) is 19.1 Å². The van der Waals surface area contributed by atoms with Crippen LogP contribution in [0.15, 0.2) is 24.3 Å². The molecule has 114 valence electrons. The molecule has 1 aliphatic rings. The van der Waals surface area contributed by atoms with E-state index >= 15 is 0 Å². The van der Waals surface area contributed by atoms with Crippen molar-refractivity contribution in [2.75, 3.05) is 19.7 Å². The number of carboxylic acid groups (broad SMARTS) is 1. The van der Waals surface area contributed by atoms with Crippen molar-refractivity contribution in [1.82, 2.24) is 4.90 Å². The predicted molar refractivity (Wildman–Crippen MR) is 76.8 cm³/mol. The zero-order valence-electron chi connectivity index (χ0n) is 12.0. The second kappa shape index (κ2) is 6.13. The summed E-state index contributed by atoms with van der Waals surface area (Å²) in [4.78, 5) is 24.0. The number of aliphatic carboxylic acids is 1. The van der Waals surface area contributed by atoms with Gasteiger partial charge in [0.2, 0.25) is 0 Å². The van der Waals surface area contributed by atoms with E-state index in [-0.39, 0.29) is 6.61 Å². The molecule has 1 aromatic rings. The van der Waals surface area contributed by atoms with Gasteiger partial charge in [-0.25, -0.2) is 0 Å². The molecule has 0 radical (unpaired) electrons. The number of benzene rings is 1. The van der Waals surface area contributed by atoms with Crippen LogP contribution >= 0.6 is 0 Å². The summed E-state index contributed by atoms with van der Waals surface area (Å²) in [5.41, 5.74) is 5.44. The molecule has 0 spiro atoms. The Morgan fingerprint density at radius 2 is 2.05 bits per heavy atom. The third-order valence-corrected chi connectivity index (χ3v) is 3.78. The molecule has 1 fully saturated rings. The van der Waals surface area contributed by atoms with E-state index in [0.717, 1.165) is 12.1 Å². The summed E-state index contributed by atoms with van der Waals surface area (Å²) < 4.78 is 5.19. The number of nitrogens with two attached hydrogens (primary N) is 1. The molecule has 1 amide bonds. The van der Waals surface area contributed by atoms with Gasteiger partial charge in [-0.1, -0.05) is 12.1 Å². The fourth-order valence-corrected chi connectivity index (χ4v) is 2.47. The van der Waals surface area contributed by atoms with Crippen LogP contribution in [-0.4, -0.2) is 41.6 Å². The Morgan fingerprint density at radius 1 is 1.38 bits per heavy atom. The van der Waals surface area contributed by atoms with Gasteiger partial charge in [-0.15, -0.1) is 0 Å². The van der Waals surface area contributed by atoms with Gasteiger partial charge >= 0.3 is 5.97 Å². The van der Waals surface area contributed by atoms with Crippen molar-refractivity contribution in [3.63, 3.8) is 0 Å². The van der Waals surface area contributed by atoms with Gasteiger partial charge in [-0.2, -0.15) is 0 Å². The molecule has 1 saturated heterocycles. The monoisotopic (exact) mass is 292 g/mol. The third kappa shape index (κ3) is 3.95. The summed E-state index contributed by atoms with van der Waals surface area (Å²) in [6.07, 6.45) is 0.669. The smallest absolute Gasteiger partial charge is 0.310 e. The molecule has 0 aliphatic carbocycles. The lowest BCUT2D eigenvalue weighted by Crippen LogP contribution is -2.31. The Bertz CT molecular complexity index is 529. The normalized spacial score (nSPS) is 22.1. The minimum Gasteiger partial charge on any atom is -0.484 e. The fraction of sp³-hybridized carbons (Fsp3) is 0.467. The van der Waals surface area contributed by atoms with Crippen LogP contribution in [0.4, 0.5) is 0 Å². The molecule has 21 heavy (non-hydrogen) atoms. The van der Waals surface area contributed by atoms with Crippen LogP contribution in [0.2, 0.25) is 0 Å².